The van der Waals surface area contributed by atoms with Gasteiger partial charge in [-0.2, -0.15) is 5.10 Å². The van der Waals surface area contributed by atoms with Gasteiger partial charge in [-0.3, -0.25) is 9.48 Å². The molecule has 4 nitrogen and oxygen atoms in total. The number of nitrogens with one attached hydrogen (secondary N) is 1. The number of aryl methyl sites for hydroxylation is 2. The summed E-state index contributed by atoms with van der Waals surface area (Å²) in [6.45, 7) is 3.71. The van der Waals surface area contributed by atoms with Crippen LogP contribution in [0, 0.1) is 23.2 Å². The van der Waals surface area contributed by atoms with Gasteiger partial charge in [0.15, 0.2) is 0 Å². The van der Waals surface area contributed by atoms with Crippen LogP contribution in [-0.4, -0.2) is 15.7 Å². The van der Waals surface area contributed by atoms with Crippen LogP contribution in [-0.2, 0) is 7.05 Å². The van der Waals surface area contributed by atoms with E-state index in [9.17, 15) is 9.18 Å². The first kappa shape index (κ1) is 14.0. The molecule has 19 heavy (non-hydrogen) atoms. The summed E-state index contributed by atoms with van der Waals surface area (Å²) in [5, 5.41) is 7.06. The van der Waals surface area contributed by atoms with Crippen molar-refractivity contribution in [1.82, 2.24) is 9.78 Å². The molecule has 1 aromatic carbocycles. The fourth-order valence-corrected chi connectivity index (χ4v) is 2.53. The fourth-order valence-electron chi connectivity index (χ4n) is 1.81. The molecule has 0 aliphatic heterocycles. The van der Waals surface area contributed by atoms with Crippen LogP contribution in [0.5, 0.6) is 0 Å². The Bertz CT molecular complexity index is 652. The van der Waals surface area contributed by atoms with E-state index in [0.29, 0.717) is 14.8 Å². The molecule has 100 valence electrons. The van der Waals surface area contributed by atoms with Crippen molar-refractivity contribution in [3.63, 3.8) is 0 Å². The quantitative estimate of drug-likeness (QED) is 0.823. The second kappa shape index (κ2) is 5.28. The number of benzene rings is 1. The van der Waals surface area contributed by atoms with Crippen molar-refractivity contribution >= 4 is 34.2 Å². The number of nitrogens with zero attached hydrogens (tertiary/aromatic N) is 2. The lowest BCUT2D eigenvalue weighted by molar-refractivity contribution is 0.102. The summed E-state index contributed by atoms with van der Waals surface area (Å²) in [5.41, 5.74) is 2.78. The fraction of sp³-hybridized carbons (Fsp3) is 0.231. The van der Waals surface area contributed by atoms with E-state index in [1.54, 1.807) is 4.68 Å². The van der Waals surface area contributed by atoms with Crippen molar-refractivity contribution in [3.05, 3.63) is 44.5 Å². The summed E-state index contributed by atoms with van der Waals surface area (Å²) in [7, 11) is 1.82. The van der Waals surface area contributed by atoms with Crippen LogP contribution >= 0.6 is 22.6 Å². The van der Waals surface area contributed by atoms with E-state index in [2.05, 4.69) is 10.4 Å². The van der Waals surface area contributed by atoms with Crippen molar-refractivity contribution in [2.45, 2.75) is 13.8 Å². The molecular weight excluding hydrogens is 360 g/mol. The lowest BCUT2D eigenvalue weighted by Gasteiger charge is -2.07. The highest BCUT2D eigenvalue weighted by Gasteiger charge is 2.15. The Morgan fingerprint density at radius 2 is 2.11 bits per heavy atom. The molecule has 0 saturated heterocycles. The first-order chi connectivity index (χ1) is 8.90. The molecule has 0 spiro atoms. The van der Waals surface area contributed by atoms with Crippen molar-refractivity contribution in [1.29, 1.82) is 0 Å². The number of rotatable bonds is 2. The molecule has 6 heteroatoms. The first-order valence-electron chi connectivity index (χ1n) is 5.66. The van der Waals surface area contributed by atoms with Crippen molar-refractivity contribution < 1.29 is 9.18 Å². The van der Waals surface area contributed by atoms with Crippen LogP contribution in [0.1, 0.15) is 21.7 Å². The third-order valence-electron chi connectivity index (χ3n) is 2.92. The second-order valence-electron chi connectivity index (χ2n) is 4.25. The Kier molecular flexibility index (Phi) is 3.88. The highest BCUT2D eigenvalue weighted by atomic mass is 127. The van der Waals surface area contributed by atoms with E-state index in [1.165, 1.54) is 18.2 Å². The van der Waals surface area contributed by atoms with Crippen molar-refractivity contribution in [2.24, 2.45) is 7.05 Å². The maximum Gasteiger partial charge on any atom is 0.256 e. The monoisotopic (exact) mass is 373 g/mol. The van der Waals surface area contributed by atoms with E-state index in [-0.39, 0.29) is 11.7 Å². The van der Waals surface area contributed by atoms with Gasteiger partial charge in [0, 0.05) is 10.6 Å². The van der Waals surface area contributed by atoms with Crippen LogP contribution in [0.3, 0.4) is 0 Å². The van der Waals surface area contributed by atoms with Crippen LogP contribution < -0.4 is 5.32 Å². The minimum absolute atomic E-state index is 0.261. The number of carbonyl (C=O) groups is 1. The van der Waals surface area contributed by atoms with E-state index in [1.807, 2.05) is 43.5 Å². The second-order valence-corrected chi connectivity index (χ2v) is 5.41. The molecule has 0 aliphatic carbocycles. The van der Waals surface area contributed by atoms with Gasteiger partial charge in [0.2, 0.25) is 0 Å². The first-order valence-corrected chi connectivity index (χ1v) is 6.74. The summed E-state index contributed by atoms with van der Waals surface area (Å²) in [4.78, 5) is 12.2. The highest BCUT2D eigenvalue weighted by Crippen LogP contribution is 2.21. The van der Waals surface area contributed by atoms with Crippen LogP contribution in [0.15, 0.2) is 18.2 Å². The number of hydrogen-bond acceptors (Lipinski definition) is 2. The van der Waals surface area contributed by atoms with Gasteiger partial charge in [-0.1, -0.05) is 0 Å². The van der Waals surface area contributed by atoms with Gasteiger partial charge in [0.05, 0.1) is 22.6 Å². The Morgan fingerprint density at radius 1 is 1.42 bits per heavy atom. The van der Waals surface area contributed by atoms with Gasteiger partial charge in [0.25, 0.3) is 5.91 Å². The Balaban J connectivity index is 2.31. The predicted molar refractivity (Wildman–Crippen MR) is 79.8 cm³/mol. The number of amides is 1. The highest BCUT2D eigenvalue weighted by molar-refractivity contribution is 14.1. The topological polar surface area (TPSA) is 46.9 Å². The van der Waals surface area contributed by atoms with Gasteiger partial charge in [-0.05, 0) is 54.6 Å². The zero-order chi connectivity index (χ0) is 14.2. The number of hydrogen-bond donors (Lipinski definition) is 1. The van der Waals surface area contributed by atoms with Crippen LogP contribution in [0.4, 0.5) is 10.1 Å². The number of anilines is 1. The van der Waals surface area contributed by atoms with E-state index < -0.39 is 0 Å². The van der Waals surface area contributed by atoms with Crippen molar-refractivity contribution in [3.8, 4) is 0 Å². The molecule has 1 aromatic heterocycles. The largest absolute Gasteiger partial charge is 0.319 e. The molecule has 1 N–H and O–H groups in total. The minimum Gasteiger partial charge on any atom is -0.319 e. The zero-order valence-corrected chi connectivity index (χ0v) is 12.9. The van der Waals surface area contributed by atoms with Gasteiger partial charge < -0.3 is 5.32 Å². The molecule has 2 aromatic rings. The molecule has 0 fully saturated rings. The van der Waals surface area contributed by atoms with Gasteiger partial charge in [0.1, 0.15) is 5.82 Å². The van der Waals surface area contributed by atoms with Gasteiger partial charge in [-0.25, -0.2) is 4.39 Å². The minimum atomic E-state index is -0.352. The zero-order valence-electron chi connectivity index (χ0n) is 10.8. The normalized spacial score (nSPS) is 10.6. The van der Waals surface area contributed by atoms with E-state index >= 15 is 0 Å². The summed E-state index contributed by atoms with van der Waals surface area (Å²) in [5.74, 6) is -0.613. The molecule has 0 unspecified atom stereocenters. The summed E-state index contributed by atoms with van der Waals surface area (Å²) in [6.07, 6.45) is 0. The lowest BCUT2D eigenvalue weighted by atomic mass is 10.2. The molecule has 1 heterocycles. The Labute approximate surface area is 124 Å². The SMILES string of the molecule is Cc1nn(C)c(C)c1NC(=O)c1ccc(F)cc1I. The molecule has 0 saturated carbocycles. The molecule has 0 radical (unpaired) electrons. The third-order valence-corrected chi connectivity index (χ3v) is 3.82. The van der Waals surface area contributed by atoms with E-state index in [0.717, 1.165) is 11.4 Å². The lowest BCUT2D eigenvalue weighted by Crippen LogP contribution is -2.14. The standard InChI is InChI=1S/C13H13FIN3O/c1-7-12(8(2)18(3)17-7)16-13(19)10-5-4-9(14)6-11(10)15/h4-6H,1-3H3,(H,16,19). The Hall–Kier alpha value is -1.44. The molecule has 0 aliphatic rings. The number of halogens is 2. The van der Waals surface area contributed by atoms with Gasteiger partial charge in [-0.15, -0.1) is 0 Å². The molecule has 0 bridgehead atoms. The predicted octanol–water partition coefficient (Wildman–Crippen LogP) is 3.03. The average molecular weight is 373 g/mol. The molecule has 0 atom stereocenters. The van der Waals surface area contributed by atoms with Gasteiger partial charge >= 0.3 is 0 Å². The smallest absolute Gasteiger partial charge is 0.256 e. The Morgan fingerprint density at radius 3 is 2.63 bits per heavy atom. The maximum absolute atomic E-state index is 13.0. The number of carbonyl (C=O) groups excluding carboxylic acids is 1. The summed E-state index contributed by atoms with van der Waals surface area (Å²) < 4.78 is 15.3. The third kappa shape index (κ3) is 2.78. The summed E-state index contributed by atoms with van der Waals surface area (Å²) in [6, 6.07) is 4.09. The van der Waals surface area contributed by atoms with E-state index in [4.69, 9.17) is 0 Å². The average Bonchev–Trinajstić information content (AvgIpc) is 2.56. The molecule has 1 amide bonds. The van der Waals surface area contributed by atoms with Crippen molar-refractivity contribution in [2.75, 3.05) is 5.32 Å². The summed E-state index contributed by atoms with van der Waals surface area (Å²) >= 11 is 1.94. The maximum atomic E-state index is 13.0. The molecular formula is C13H13FIN3O. The van der Waals surface area contributed by atoms with Crippen LogP contribution in [0.25, 0.3) is 0 Å². The van der Waals surface area contributed by atoms with Crippen LogP contribution in [0.2, 0.25) is 0 Å². The molecule has 2 rings (SSSR count). The number of aromatic nitrogens is 2.